The third-order valence-electron chi connectivity index (χ3n) is 12.2. The highest BCUT2D eigenvalue weighted by atomic mass is 31.3. The number of rotatable bonds is 14. The molecule has 13 atom stereocenters. The molecule has 0 bridgehead atoms. The molecular formula is C36H40F5N9O16P2. The lowest BCUT2D eigenvalue weighted by Crippen LogP contribution is -2.82. The van der Waals surface area contributed by atoms with Gasteiger partial charge in [-0.05, 0) is 37.1 Å². The fourth-order valence-corrected chi connectivity index (χ4v) is 11.0. The molecule has 25 nitrogen and oxygen atoms in total. The molecular weight excluding hydrogens is 971 g/mol. The van der Waals surface area contributed by atoms with Gasteiger partial charge in [-0.15, -0.1) is 0 Å². The normalized spacial score (nSPS) is 28.8. The summed E-state index contributed by atoms with van der Waals surface area (Å²) in [6.45, 7) is -0.291. The number of hydrogen-bond donors (Lipinski definition) is 11. The third-order valence-corrected chi connectivity index (χ3v) is 14.8. The van der Waals surface area contributed by atoms with Gasteiger partial charge in [0.05, 0.1) is 30.9 Å². The number of aryl methyl sites for hydroxylation is 2. The molecule has 32 heteroatoms. The molecule has 1 spiro atoms. The largest absolute Gasteiger partial charge is 0.481 e. The van der Waals surface area contributed by atoms with E-state index in [0.717, 1.165) is 22.5 Å². The second kappa shape index (κ2) is 17.7. The van der Waals surface area contributed by atoms with Gasteiger partial charge in [0.2, 0.25) is 5.82 Å². The van der Waals surface area contributed by atoms with Gasteiger partial charge in [0, 0.05) is 24.4 Å². The SMILES string of the molecule is Cc1cc2c(cc1C)N1[C@H](O)C[C@H](c3c(F)c(F)c(F)c(F)c3F)[C@]13C(=O)NC(=O)NC3N2C[C@H](O)[C@H](O)[C@H](O)COP(=O)(O)OP(=O)(O)OC[C@H]1O[C@@H](n2cnc3c(N)ncnc32)[C@H](O)[C@@H]1O. The first kappa shape index (κ1) is 49.4. The first-order valence-corrected chi connectivity index (χ1v) is 22.9. The number of anilines is 3. The number of imide groups is 1. The molecule has 370 valence electrons. The maximum Gasteiger partial charge on any atom is 0.481 e. The summed E-state index contributed by atoms with van der Waals surface area (Å²) in [6, 6.07) is 1.55. The van der Waals surface area contributed by atoms with Crippen LogP contribution in [0.2, 0.25) is 0 Å². The number of benzene rings is 2. The van der Waals surface area contributed by atoms with Crippen molar-refractivity contribution in [2.24, 2.45) is 0 Å². The molecule has 4 aliphatic heterocycles. The summed E-state index contributed by atoms with van der Waals surface area (Å²) in [4.78, 5) is 61.4. The number of phosphoric acid groups is 2. The molecule has 4 aliphatic rings. The number of carbonyl (C=O) groups is 2. The Labute approximate surface area is 377 Å². The van der Waals surface area contributed by atoms with Crippen molar-refractivity contribution < 1.29 is 99.2 Å². The highest BCUT2D eigenvalue weighted by Crippen LogP contribution is 2.61. The molecule has 2 aromatic heterocycles. The Morgan fingerprint density at radius 2 is 1.51 bits per heavy atom. The predicted molar refractivity (Wildman–Crippen MR) is 215 cm³/mol. The van der Waals surface area contributed by atoms with E-state index < -0.39 is 155 Å². The molecule has 4 aromatic rings. The van der Waals surface area contributed by atoms with E-state index in [4.69, 9.17) is 15.0 Å². The second-order valence-corrected chi connectivity index (χ2v) is 19.3. The van der Waals surface area contributed by atoms with Gasteiger partial charge in [0.25, 0.3) is 5.91 Å². The van der Waals surface area contributed by atoms with Gasteiger partial charge in [-0.1, -0.05) is 0 Å². The fourth-order valence-electron chi connectivity index (χ4n) is 8.92. The molecule has 3 unspecified atom stereocenters. The molecule has 8 rings (SSSR count). The molecule has 3 amide bonds. The number of β-amino-alcohol motifs (C(OH)–C–C–N with tert-alkyl or cyclic N) is 1. The van der Waals surface area contributed by atoms with E-state index in [0.29, 0.717) is 11.1 Å². The summed E-state index contributed by atoms with van der Waals surface area (Å²) in [5.41, 5.74) is 2.58. The van der Waals surface area contributed by atoms with Crippen LogP contribution in [0, 0.1) is 42.9 Å². The quantitative estimate of drug-likeness (QED) is 0.0325. The Kier molecular flexibility index (Phi) is 12.9. The number of nitrogens with zero attached hydrogens (tertiary/aromatic N) is 6. The van der Waals surface area contributed by atoms with Crippen molar-refractivity contribution in [1.29, 1.82) is 0 Å². The van der Waals surface area contributed by atoms with E-state index in [1.807, 2.05) is 5.32 Å². The van der Waals surface area contributed by atoms with Crippen molar-refractivity contribution in [2.45, 2.75) is 87.0 Å². The van der Waals surface area contributed by atoms with Crippen molar-refractivity contribution >= 4 is 55.9 Å². The van der Waals surface area contributed by atoms with E-state index in [9.17, 15) is 72.3 Å². The van der Waals surface area contributed by atoms with Crippen LogP contribution in [0.4, 0.5) is 43.9 Å². The summed E-state index contributed by atoms with van der Waals surface area (Å²) in [5.74, 6) is -15.5. The molecule has 0 aliphatic carbocycles. The lowest BCUT2D eigenvalue weighted by atomic mass is 9.73. The first-order chi connectivity index (χ1) is 31.8. The van der Waals surface area contributed by atoms with Gasteiger partial charge in [0.15, 0.2) is 46.5 Å². The molecule has 12 N–H and O–H groups in total. The highest BCUT2D eigenvalue weighted by Gasteiger charge is 2.70. The number of nitrogens with two attached hydrogens (primary N) is 1. The van der Waals surface area contributed by atoms with Crippen molar-refractivity contribution in [3.8, 4) is 0 Å². The average molecular weight is 1010 g/mol. The number of urea groups is 1. The van der Waals surface area contributed by atoms with Gasteiger partial charge < -0.3 is 66.0 Å². The van der Waals surface area contributed by atoms with Crippen LogP contribution in [0.15, 0.2) is 24.8 Å². The number of aliphatic hydroxyl groups excluding tert-OH is 6. The number of hydrogen-bond acceptors (Lipinski definition) is 20. The van der Waals surface area contributed by atoms with Crippen LogP contribution in [-0.4, -0.2) is 146 Å². The lowest BCUT2D eigenvalue weighted by molar-refractivity contribution is -0.128. The molecule has 3 saturated heterocycles. The van der Waals surface area contributed by atoms with Crippen LogP contribution in [0.25, 0.3) is 11.2 Å². The highest BCUT2D eigenvalue weighted by molar-refractivity contribution is 7.61. The zero-order valence-corrected chi connectivity index (χ0v) is 36.6. The number of ether oxygens (including phenoxy) is 1. The summed E-state index contributed by atoms with van der Waals surface area (Å²) < 4.78 is 121. The minimum Gasteiger partial charge on any atom is -0.388 e. The predicted octanol–water partition coefficient (Wildman–Crippen LogP) is -0.590. The van der Waals surface area contributed by atoms with Gasteiger partial charge in [-0.3, -0.25) is 23.7 Å². The van der Waals surface area contributed by atoms with Crippen LogP contribution >= 0.6 is 15.6 Å². The molecule has 0 radical (unpaired) electrons. The second-order valence-electron chi connectivity index (χ2n) is 16.2. The van der Waals surface area contributed by atoms with Crippen LogP contribution < -0.4 is 26.2 Å². The van der Waals surface area contributed by atoms with E-state index in [-0.39, 0.29) is 28.4 Å². The summed E-state index contributed by atoms with van der Waals surface area (Å²) in [7, 11) is -11.4. The average Bonchev–Trinajstić information content (AvgIpc) is 3.93. The summed E-state index contributed by atoms with van der Waals surface area (Å²) in [5, 5.41) is 70.2. The van der Waals surface area contributed by atoms with Crippen LogP contribution in [0.1, 0.15) is 35.3 Å². The first-order valence-electron chi connectivity index (χ1n) is 19.9. The smallest absolute Gasteiger partial charge is 0.388 e. The Balaban J connectivity index is 0.981. The van der Waals surface area contributed by atoms with Crippen molar-refractivity contribution in [1.82, 2.24) is 30.2 Å². The topological polar surface area (TPSA) is 367 Å². The Hall–Kier alpha value is -5.04. The van der Waals surface area contributed by atoms with Crippen LogP contribution in [0.5, 0.6) is 0 Å². The van der Waals surface area contributed by atoms with Crippen molar-refractivity contribution in [3.05, 3.63) is 70.6 Å². The van der Waals surface area contributed by atoms with E-state index in [1.165, 1.54) is 16.7 Å². The number of aromatic nitrogens is 4. The maximum atomic E-state index is 15.6. The molecule has 2 aromatic carbocycles. The lowest BCUT2D eigenvalue weighted by Gasteiger charge is -2.58. The Morgan fingerprint density at radius 3 is 2.18 bits per heavy atom. The van der Waals surface area contributed by atoms with E-state index in [2.05, 4.69) is 29.1 Å². The summed E-state index contributed by atoms with van der Waals surface area (Å²) in [6.07, 6.45) is -16.1. The summed E-state index contributed by atoms with van der Waals surface area (Å²) >= 11 is 0. The Bertz CT molecular complexity index is 2770. The molecule has 68 heavy (non-hydrogen) atoms. The third kappa shape index (κ3) is 8.15. The zero-order valence-electron chi connectivity index (χ0n) is 34.8. The van der Waals surface area contributed by atoms with E-state index >= 15 is 8.78 Å². The Morgan fingerprint density at radius 1 is 0.897 bits per heavy atom. The number of nitrogens with one attached hydrogen (secondary N) is 2. The monoisotopic (exact) mass is 1010 g/mol. The molecule has 6 heterocycles. The number of aliphatic hydroxyl groups is 6. The van der Waals surface area contributed by atoms with Gasteiger partial charge in [0.1, 0.15) is 60.9 Å². The number of carbonyl (C=O) groups excluding carboxylic acids is 2. The zero-order chi connectivity index (χ0) is 49.7. The number of imidazole rings is 1. The fraction of sp³-hybridized carbons (Fsp3) is 0.472. The number of halogens is 5. The van der Waals surface area contributed by atoms with Gasteiger partial charge in [-0.25, -0.2) is 50.8 Å². The van der Waals surface area contributed by atoms with Crippen molar-refractivity contribution in [2.75, 3.05) is 35.3 Å². The number of phosphoric ester groups is 2. The number of fused-ring (bicyclic) bond motifs is 3. The van der Waals surface area contributed by atoms with Gasteiger partial charge in [-0.2, -0.15) is 4.31 Å². The van der Waals surface area contributed by atoms with Crippen LogP contribution in [0.3, 0.4) is 0 Å². The molecule has 0 saturated carbocycles. The minimum absolute atomic E-state index is 0.0193. The van der Waals surface area contributed by atoms with Gasteiger partial charge >= 0.3 is 21.7 Å². The van der Waals surface area contributed by atoms with Crippen molar-refractivity contribution in [3.63, 3.8) is 0 Å². The minimum atomic E-state index is -5.76. The number of nitrogen functional groups attached to an aromatic ring is 1. The van der Waals surface area contributed by atoms with E-state index in [1.54, 1.807) is 13.8 Å². The van der Waals surface area contributed by atoms with Crippen LogP contribution in [-0.2, 0) is 32.0 Å². The number of amides is 3. The maximum absolute atomic E-state index is 15.6. The standard InChI is InChI=1S/C36H40F5N9O16P2/c1-11-3-14-15(4-12(11)2)50-19(53)5-13(20-21(37)23(39)25(41)24(40)22(20)38)36(50)33(46-35(58)47-34(36)57)48(14)6-16(51)27(54)17(52)7-63-67(59,60)66-68(61,62)64-8-18-28(55)29(56)32(65-18)49-10-45-26-30(42)43-9-44-31(26)49/h3-4,9-10,13,16-19,27-29,32-33,51-56H,5-8H2,1-2H3,(H,59,60)(H,61,62)(H2,42,43,44)(H2,46,47,57,58)/t13-,16+,17-,18-,19-,27+,28-,29-,32-,33?,36+/m1/s1. The molecule has 3 fully saturated rings.